The molecule has 0 radical (unpaired) electrons. The van der Waals surface area contributed by atoms with Gasteiger partial charge in [-0.2, -0.15) is 5.26 Å². The number of nitrogens with one attached hydrogen (secondary N) is 1. The van der Waals surface area contributed by atoms with Gasteiger partial charge in [0.25, 0.3) is 5.91 Å². The van der Waals surface area contributed by atoms with E-state index in [0.717, 1.165) is 50.4 Å². The molecule has 0 spiro atoms. The molecule has 1 aromatic rings. The van der Waals surface area contributed by atoms with Crippen LogP contribution in [-0.2, 0) is 13.0 Å². The van der Waals surface area contributed by atoms with Crippen LogP contribution in [0.2, 0.25) is 0 Å². The maximum Gasteiger partial charge on any atom is 0.267 e. The second kappa shape index (κ2) is 5.70. The molecule has 1 aliphatic carbocycles. The summed E-state index contributed by atoms with van der Waals surface area (Å²) >= 11 is 0. The lowest BCUT2D eigenvalue weighted by Gasteiger charge is -2.17. The van der Waals surface area contributed by atoms with Crippen LogP contribution in [0, 0.1) is 17.2 Å². The fourth-order valence-electron chi connectivity index (χ4n) is 3.05. The highest BCUT2D eigenvalue weighted by molar-refractivity contribution is 5.93. The van der Waals surface area contributed by atoms with Crippen molar-refractivity contribution < 1.29 is 4.79 Å². The first kappa shape index (κ1) is 13.2. The number of hydrogen-bond donors (Lipinski definition) is 1. The first-order valence-electron chi connectivity index (χ1n) is 7.70. The minimum absolute atomic E-state index is 0.0227. The van der Waals surface area contributed by atoms with Gasteiger partial charge in [0.1, 0.15) is 11.8 Å². The molecular weight excluding hydrogens is 250 g/mol. The second-order valence-electron chi connectivity index (χ2n) is 5.95. The minimum atomic E-state index is -0.0227. The van der Waals surface area contributed by atoms with Crippen molar-refractivity contribution in [2.75, 3.05) is 6.54 Å². The van der Waals surface area contributed by atoms with Gasteiger partial charge in [-0.3, -0.25) is 4.79 Å². The zero-order chi connectivity index (χ0) is 13.9. The Morgan fingerprint density at radius 3 is 3.05 bits per heavy atom. The molecule has 1 fully saturated rings. The highest BCUT2D eigenvalue weighted by Gasteiger charge is 2.23. The number of aromatic nitrogens is 1. The Kier molecular flexibility index (Phi) is 3.77. The van der Waals surface area contributed by atoms with E-state index in [0.29, 0.717) is 11.3 Å². The quantitative estimate of drug-likeness (QED) is 0.837. The van der Waals surface area contributed by atoms with Crippen LogP contribution < -0.4 is 5.32 Å². The number of nitrogens with zero attached hydrogens (tertiary/aromatic N) is 2. The van der Waals surface area contributed by atoms with Crippen LogP contribution in [0.5, 0.6) is 0 Å². The van der Waals surface area contributed by atoms with Crippen LogP contribution in [0.15, 0.2) is 6.07 Å². The largest absolute Gasteiger partial charge is 0.351 e. The summed E-state index contributed by atoms with van der Waals surface area (Å²) in [6, 6.07) is 3.98. The van der Waals surface area contributed by atoms with E-state index in [9.17, 15) is 10.1 Å². The van der Waals surface area contributed by atoms with E-state index in [1.165, 1.54) is 19.3 Å². The summed E-state index contributed by atoms with van der Waals surface area (Å²) < 4.78 is 2.04. The third-order valence-corrected chi connectivity index (χ3v) is 4.38. The van der Waals surface area contributed by atoms with E-state index in [2.05, 4.69) is 11.4 Å². The summed E-state index contributed by atoms with van der Waals surface area (Å²) in [6.07, 6.45) is 8.15. The van der Waals surface area contributed by atoms with Gasteiger partial charge in [-0.25, -0.2) is 0 Å². The maximum atomic E-state index is 12.3. The molecule has 106 valence electrons. The fraction of sp³-hybridized carbons (Fsp3) is 0.625. The van der Waals surface area contributed by atoms with Gasteiger partial charge in [0.2, 0.25) is 0 Å². The zero-order valence-electron chi connectivity index (χ0n) is 11.8. The summed E-state index contributed by atoms with van der Waals surface area (Å²) in [4.78, 5) is 12.3. The number of rotatable bonds is 5. The molecule has 3 rings (SSSR count). The highest BCUT2D eigenvalue weighted by atomic mass is 16.1. The third kappa shape index (κ3) is 2.72. The molecule has 2 aliphatic rings. The molecule has 1 aliphatic heterocycles. The summed E-state index contributed by atoms with van der Waals surface area (Å²) in [5, 5.41) is 12.2. The van der Waals surface area contributed by atoms with Gasteiger partial charge in [-0.1, -0.05) is 12.8 Å². The van der Waals surface area contributed by atoms with Gasteiger partial charge >= 0.3 is 0 Å². The Morgan fingerprint density at radius 2 is 2.30 bits per heavy atom. The van der Waals surface area contributed by atoms with Crippen LogP contribution in [0.4, 0.5) is 0 Å². The molecule has 0 bridgehead atoms. The second-order valence-corrected chi connectivity index (χ2v) is 5.95. The van der Waals surface area contributed by atoms with Crippen molar-refractivity contribution in [1.29, 1.82) is 5.26 Å². The zero-order valence-corrected chi connectivity index (χ0v) is 11.8. The topological polar surface area (TPSA) is 57.8 Å². The molecule has 2 heterocycles. The van der Waals surface area contributed by atoms with Gasteiger partial charge in [0.15, 0.2) is 0 Å². The van der Waals surface area contributed by atoms with Crippen LogP contribution in [0.25, 0.3) is 0 Å². The highest BCUT2D eigenvalue weighted by Crippen LogP contribution is 2.33. The van der Waals surface area contributed by atoms with Crippen molar-refractivity contribution in [1.82, 2.24) is 9.88 Å². The number of nitriles is 1. The maximum absolute atomic E-state index is 12.3. The van der Waals surface area contributed by atoms with Crippen LogP contribution in [-0.4, -0.2) is 17.0 Å². The van der Waals surface area contributed by atoms with E-state index in [4.69, 9.17) is 0 Å². The van der Waals surface area contributed by atoms with E-state index < -0.39 is 0 Å². The van der Waals surface area contributed by atoms with Crippen molar-refractivity contribution in [3.05, 3.63) is 23.0 Å². The van der Waals surface area contributed by atoms with Gasteiger partial charge in [0.05, 0.1) is 5.56 Å². The lowest BCUT2D eigenvalue weighted by Crippen LogP contribution is -2.28. The molecule has 1 aromatic heterocycles. The van der Waals surface area contributed by atoms with Crippen molar-refractivity contribution >= 4 is 5.91 Å². The monoisotopic (exact) mass is 271 g/mol. The predicted molar refractivity (Wildman–Crippen MR) is 76.4 cm³/mol. The molecule has 1 saturated carbocycles. The summed E-state index contributed by atoms with van der Waals surface area (Å²) in [5.74, 6) is 0.892. The Hall–Kier alpha value is -1.76. The van der Waals surface area contributed by atoms with E-state index in [-0.39, 0.29) is 5.91 Å². The first-order chi connectivity index (χ1) is 9.79. The normalized spacial score (nSPS) is 17.4. The van der Waals surface area contributed by atoms with Gasteiger partial charge < -0.3 is 9.88 Å². The molecular formula is C16H21N3O. The number of hydrogen-bond acceptors (Lipinski definition) is 2. The van der Waals surface area contributed by atoms with E-state index >= 15 is 0 Å². The Balaban J connectivity index is 1.64. The van der Waals surface area contributed by atoms with Crippen LogP contribution in [0.3, 0.4) is 0 Å². The fourth-order valence-corrected chi connectivity index (χ4v) is 3.05. The van der Waals surface area contributed by atoms with E-state index in [1.54, 1.807) is 6.07 Å². The van der Waals surface area contributed by atoms with E-state index in [1.807, 2.05) is 4.57 Å². The molecule has 0 saturated heterocycles. The average Bonchev–Trinajstić information content (AvgIpc) is 3.22. The smallest absolute Gasteiger partial charge is 0.267 e. The molecule has 0 unspecified atom stereocenters. The molecule has 1 N–H and O–H groups in total. The number of carbonyl (C=O) groups is 1. The van der Waals surface area contributed by atoms with Crippen molar-refractivity contribution in [3.8, 4) is 6.07 Å². The van der Waals surface area contributed by atoms with Crippen LogP contribution in [0.1, 0.15) is 60.3 Å². The summed E-state index contributed by atoms with van der Waals surface area (Å²) in [6.45, 7) is 1.61. The number of amides is 1. The number of carbonyl (C=O) groups excluding carboxylic acids is 1. The van der Waals surface area contributed by atoms with Crippen molar-refractivity contribution in [2.45, 2.75) is 51.5 Å². The lowest BCUT2D eigenvalue weighted by atomic mass is 10.1. The SMILES string of the molecule is N#Cc1cc(C(=O)NCCCC2CC2)n2c1CCCC2. The number of fused-ring (bicyclic) bond motifs is 1. The summed E-state index contributed by atoms with van der Waals surface area (Å²) in [7, 11) is 0. The molecule has 0 aromatic carbocycles. The third-order valence-electron chi connectivity index (χ3n) is 4.38. The minimum Gasteiger partial charge on any atom is -0.351 e. The van der Waals surface area contributed by atoms with Crippen molar-refractivity contribution in [2.24, 2.45) is 5.92 Å². The molecule has 20 heavy (non-hydrogen) atoms. The van der Waals surface area contributed by atoms with Gasteiger partial charge in [-0.05, 0) is 44.1 Å². The Bertz CT molecular complexity index is 549. The first-order valence-corrected chi connectivity index (χ1v) is 7.70. The predicted octanol–water partition coefficient (Wildman–Crippen LogP) is 2.62. The summed E-state index contributed by atoms with van der Waals surface area (Å²) in [5.41, 5.74) is 2.39. The van der Waals surface area contributed by atoms with Crippen molar-refractivity contribution in [3.63, 3.8) is 0 Å². The molecule has 4 nitrogen and oxygen atoms in total. The van der Waals surface area contributed by atoms with Gasteiger partial charge in [0, 0.05) is 18.8 Å². The molecule has 0 atom stereocenters. The Morgan fingerprint density at radius 1 is 1.45 bits per heavy atom. The molecule has 1 amide bonds. The molecule has 4 heteroatoms. The standard InChI is InChI=1S/C16H21N3O/c17-11-13-10-15(19-9-2-1-5-14(13)19)16(20)18-8-3-4-12-6-7-12/h10,12H,1-9H2,(H,18,20). The lowest BCUT2D eigenvalue weighted by molar-refractivity contribution is 0.0942. The van der Waals surface area contributed by atoms with Gasteiger partial charge in [-0.15, -0.1) is 0 Å². The average molecular weight is 271 g/mol. The van der Waals surface area contributed by atoms with Crippen LogP contribution >= 0.6 is 0 Å². The Labute approximate surface area is 119 Å².